The molecule has 1 aliphatic rings. The van der Waals surface area contributed by atoms with Crippen LogP contribution in [0.25, 0.3) is 11.3 Å². The van der Waals surface area contributed by atoms with Crippen molar-refractivity contribution >= 4 is 11.8 Å². The number of hydrogen-bond donors (Lipinski definition) is 2. The summed E-state index contributed by atoms with van der Waals surface area (Å²) >= 11 is 0. The molecule has 1 saturated carbocycles. The van der Waals surface area contributed by atoms with E-state index in [0.717, 1.165) is 23.5 Å². The third-order valence-corrected chi connectivity index (χ3v) is 8.10. The Kier molecular flexibility index (Phi) is 8.36. The molecular weight excluding hydrogens is 458 g/mol. The molecule has 2 aromatic rings. The first-order valence-corrected chi connectivity index (χ1v) is 14.0. The maximum absolute atomic E-state index is 13.4. The number of benzene rings is 1. The fraction of sp³-hybridized carbons (Fsp3) is 0.625. The Morgan fingerprint density at radius 3 is 1.92 bits per heavy atom. The van der Waals surface area contributed by atoms with E-state index in [1.54, 1.807) is 13.8 Å². The average Bonchev–Trinajstić information content (AvgIpc) is 3.12. The fourth-order valence-electron chi connectivity index (χ4n) is 5.10. The van der Waals surface area contributed by atoms with Crippen LogP contribution in [0.15, 0.2) is 24.3 Å². The van der Waals surface area contributed by atoms with Crippen molar-refractivity contribution in [1.82, 2.24) is 9.88 Å². The molecule has 1 aliphatic carbocycles. The Labute approximate surface area is 224 Å². The van der Waals surface area contributed by atoms with Crippen LogP contribution in [-0.4, -0.2) is 22.9 Å². The highest BCUT2D eigenvalue weighted by molar-refractivity contribution is 5.97. The lowest BCUT2D eigenvalue weighted by atomic mass is 9.79. The summed E-state index contributed by atoms with van der Waals surface area (Å²) in [5, 5.41) is 2.98. The molecule has 5 nitrogen and oxygen atoms in total. The predicted octanol–water partition coefficient (Wildman–Crippen LogP) is 6.88. The minimum Gasteiger partial charge on any atom is -0.369 e. The first kappa shape index (κ1) is 29.0. The molecule has 0 spiro atoms. The Morgan fingerprint density at radius 2 is 1.43 bits per heavy atom. The zero-order chi connectivity index (χ0) is 27.8. The number of nitrogens with one attached hydrogen (secondary N) is 1. The summed E-state index contributed by atoms with van der Waals surface area (Å²) in [4.78, 5) is 25.2. The molecule has 1 fully saturated rings. The number of amides is 2. The van der Waals surface area contributed by atoms with E-state index in [0.29, 0.717) is 11.5 Å². The molecule has 3 N–H and O–H groups in total. The van der Waals surface area contributed by atoms with Gasteiger partial charge < -0.3 is 15.6 Å². The van der Waals surface area contributed by atoms with Crippen molar-refractivity contribution in [3.63, 3.8) is 0 Å². The SMILES string of the molecule is Cc1c(C(=O)NCC(C)(C)C(N)=O)cc(-c2cc(C(C)(C)C)cc(C(C)(C)C)c2)n1CC1CCCCC1. The Bertz CT molecular complexity index is 1100. The summed E-state index contributed by atoms with van der Waals surface area (Å²) in [7, 11) is 0. The summed E-state index contributed by atoms with van der Waals surface area (Å²) in [6.45, 7) is 20.2. The smallest absolute Gasteiger partial charge is 0.253 e. The van der Waals surface area contributed by atoms with Crippen LogP contribution < -0.4 is 11.1 Å². The topological polar surface area (TPSA) is 77.1 Å². The highest BCUT2D eigenvalue weighted by Crippen LogP contribution is 2.37. The van der Waals surface area contributed by atoms with E-state index in [2.05, 4.69) is 82.6 Å². The van der Waals surface area contributed by atoms with Crippen molar-refractivity contribution in [1.29, 1.82) is 0 Å². The van der Waals surface area contributed by atoms with Gasteiger partial charge in [0.15, 0.2) is 0 Å². The van der Waals surface area contributed by atoms with Gasteiger partial charge >= 0.3 is 0 Å². The van der Waals surface area contributed by atoms with E-state index in [-0.39, 0.29) is 23.3 Å². The van der Waals surface area contributed by atoms with Crippen LogP contribution >= 0.6 is 0 Å². The maximum atomic E-state index is 13.4. The molecule has 5 heteroatoms. The normalized spacial score (nSPS) is 15.6. The molecule has 0 unspecified atom stereocenters. The van der Waals surface area contributed by atoms with Gasteiger partial charge in [0, 0.05) is 24.5 Å². The van der Waals surface area contributed by atoms with Crippen LogP contribution in [0.3, 0.4) is 0 Å². The first-order valence-electron chi connectivity index (χ1n) is 14.0. The molecule has 1 heterocycles. The zero-order valence-corrected chi connectivity index (χ0v) is 24.7. The highest BCUT2D eigenvalue weighted by Gasteiger charge is 2.28. The minimum atomic E-state index is -0.806. The van der Waals surface area contributed by atoms with Gasteiger partial charge in [-0.15, -0.1) is 0 Å². The van der Waals surface area contributed by atoms with E-state index in [1.807, 2.05) is 0 Å². The Morgan fingerprint density at radius 1 is 0.892 bits per heavy atom. The number of carbonyl (C=O) groups is 2. The van der Waals surface area contributed by atoms with Crippen molar-refractivity contribution in [2.45, 2.75) is 112 Å². The molecule has 1 aromatic carbocycles. The lowest BCUT2D eigenvalue weighted by Crippen LogP contribution is -2.42. The summed E-state index contributed by atoms with van der Waals surface area (Å²) in [6, 6.07) is 9.00. The van der Waals surface area contributed by atoms with Crippen molar-refractivity contribution < 1.29 is 9.59 Å². The van der Waals surface area contributed by atoms with Gasteiger partial charge in [0.05, 0.1) is 11.0 Å². The molecule has 204 valence electrons. The quantitative estimate of drug-likeness (QED) is 0.428. The van der Waals surface area contributed by atoms with Crippen molar-refractivity contribution in [2.75, 3.05) is 6.54 Å². The molecule has 0 radical (unpaired) electrons. The summed E-state index contributed by atoms with van der Waals surface area (Å²) < 4.78 is 2.37. The number of primary amides is 1. The highest BCUT2D eigenvalue weighted by atomic mass is 16.2. The molecule has 1 aromatic heterocycles. The summed E-state index contributed by atoms with van der Waals surface area (Å²) in [5.41, 5.74) is 11.2. The van der Waals surface area contributed by atoms with Gasteiger partial charge in [-0.25, -0.2) is 0 Å². The third kappa shape index (κ3) is 6.86. The summed E-state index contributed by atoms with van der Waals surface area (Å²) in [5.74, 6) is 0.0449. The van der Waals surface area contributed by atoms with Crippen molar-refractivity contribution in [3.05, 3.63) is 46.6 Å². The van der Waals surface area contributed by atoms with E-state index in [4.69, 9.17) is 5.73 Å². The van der Waals surface area contributed by atoms with E-state index >= 15 is 0 Å². The molecule has 2 amide bonds. The van der Waals surface area contributed by atoms with Gasteiger partial charge in [0.2, 0.25) is 5.91 Å². The molecule has 0 aliphatic heterocycles. The van der Waals surface area contributed by atoms with Crippen LogP contribution in [0.4, 0.5) is 0 Å². The molecule has 0 saturated heterocycles. The molecule has 0 atom stereocenters. The van der Waals surface area contributed by atoms with Gasteiger partial charge in [-0.1, -0.05) is 66.9 Å². The molecule has 0 bridgehead atoms. The largest absolute Gasteiger partial charge is 0.369 e. The summed E-state index contributed by atoms with van der Waals surface area (Å²) in [6.07, 6.45) is 6.36. The number of hydrogen-bond acceptors (Lipinski definition) is 2. The van der Waals surface area contributed by atoms with E-state index in [1.165, 1.54) is 43.2 Å². The Balaban J connectivity index is 2.12. The lowest BCUT2D eigenvalue weighted by molar-refractivity contribution is -0.125. The third-order valence-electron chi connectivity index (χ3n) is 8.10. The van der Waals surface area contributed by atoms with E-state index < -0.39 is 11.3 Å². The second-order valence-electron chi connectivity index (χ2n) is 13.9. The molecule has 3 rings (SSSR count). The number of nitrogens with zero attached hydrogens (tertiary/aromatic N) is 1. The lowest BCUT2D eigenvalue weighted by Gasteiger charge is -2.27. The number of aromatic nitrogens is 1. The monoisotopic (exact) mass is 507 g/mol. The molecule has 37 heavy (non-hydrogen) atoms. The minimum absolute atomic E-state index is 0.00635. The zero-order valence-electron chi connectivity index (χ0n) is 24.7. The van der Waals surface area contributed by atoms with Crippen LogP contribution in [-0.2, 0) is 22.2 Å². The second kappa shape index (κ2) is 10.7. The van der Waals surface area contributed by atoms with Crippen molar-refractivity contribution in [2.24, 2.45) is 17.1 Å². The Hall–Kier alpha value is -2.56. The van der Waals surface area contributed by atoms with Gasteiger partial charge in [-0.2, -0.15) is 0 Å². The number of rotatable bonds is 7. The first-order chi connectivity index (χ1) is 17.0. The van der Waals surface area contributed by atoms with E-state index in [9.17, 15) is 9.59 Å². The van der Waals surface area contributed by atoms with Crippen molar-refractivity contribution in [3.8, 4) is 11.3 Å². The molecular formula is C32H49N3O2. The van der Waals surface area contributed by atoms with Crippen LogP contribution in [0.2, 0.25) is 0 Å². The number of nitrogens with two attached hydrogens (primary N) is 1. The van der Waals surface area contributed by atoms with Gasteiger partial charge in [0.1, 0.15) is 0 Å². The van der Waals surface area contributed by atoms with Crippen LogP contribution in [0.1, 0.15) is 115 Å². The van der Waals surface area contributed by atoms with Gasteiger partial charge in [-0.05, 0) is 85.3 Å². The number of carbonyl (C=O) groups excluding carboxylic acids is 2. The van der Waals surface area contributed by atoms with Gasteiger partial charge in [-0.3, -0.25) is 9.59 Å². The second-order valence-corrected chi connectivity index (χ2v) is 13.9. The van der Waals surface area contributed by atoms with Crippen LogP contribution in [0.5, 0.6) is 0 Å². The van der Waals surface area contributed by atoms with Crippen LogP contribution in [0, 0.1) is 18.3 Å². The predicted molar refractivity (Wildman–Crippen MR) is 154 cm³/mol. The fourth-order valence-corrected chi connectivity index (χ4v) is 5.10. The van der Waals surface area contributed by atoms with Gasteiger partial charge in [0.25, 0.3) is 5.91 Å². The maximum Gasteiger partial charge on any atom is 0.253 e. The average molecular weight is 508 g/mol. The standard InChI is InChI=1S/C32H49N3O2/c1-21-26(28(36)34-20-32(8,9)29(33)37)18-27(35(21)19-22-13-11-10-12-14-22)23-15-24(30(2,3)4)17-25(16-23)31(5,6)7/h15-18,22H,10-14,19-20H2,1-9H3,(H2,33,37)(H,34,36).